The van der Waals surface area contributed by atoms with Gasteiger partial charge in [-0.3, -0.25) is 0 Å². The molecule has 5 aliphatic carbocycles. The van der Waals surface area contributed by atoms with Crippen LogP contribution in [0.1, 0.15) is 43.2 Å². The summed E-state index contributed by atoms with van der Waals surface area (Å²) in [6, 6.07) is 62.9. The van der Waals surface area contributed by atoms with E-state index >= 15 is 0 Å². The molecule has 2 heteroatoms. The molecule has 4 saturated carbocycles. The van der Waals surface area contributed by atoms with Crippen LogP contribution in [-0.2, 0) is 5.41 Å². The summed E-state index contributed by atoms with van der Waals surface area (Å²) >= 11 is 0. The fraction of sp³-hybridized carbons (Fsp3) is 0.179. The minimum Gasteiger partial charge on any atom is -0.244 e. The fourth-order valence-electron chi connectivity index (χ4n) is 12.6. The molecule has 0 aliphatic heterocycles. The molecule has 14 rings (SSSR count). The maximum atomic E-state index is 5.36. The molecular formula is C56H42N2. The Hall–Kier alpha value is -6.38. The zero-order chi connectivity index (χ0) is 38.0. The van der Waals surface area contributed by atoms with E-state index in [0.29, 0.717) is 0 Å². The van der Waals surface area contributed by atoms with Crippen molar-refractivity contribution in [2.75, 3.05) is 0 Å². The third-order valence-corrected chi connectivity index (χ3v) is 14.8. The number of rotatable bonds is 4. The SMILES string of the molecule is c1ccc(-c2nc3ccccc3nc2-c2cccc3ccccc23)c(-c2ccc(-c3ccc4c(c3)C3(c5cc6ccccc6cc5-4)C4CC5CC(C4)CC3C5)cc2)c1. The lowest BCUT2D eigenvalue weighted by molar-refractivity contribution is -0.0398. The number of nitrogens with zero attached hydrogens (tertiary/aromatic N) is 2. The summed E-state index contributed by atoms with van der Waals surface area (Å²) in [6.07, 6.45) is 7.03. The normalized spacial score (nSPS) is 22.6. The topological polar surface area (TPSA) is 25.8 Å². The summed E-state index contributed by atoms with van der Waals surface area (Å²) in [5.41, 5.74) is 17.0. The van der Waals surface area contributed by atoms with Crippen molar-refractivity contribution in [3.8, 4) is 55.9 Å². The van der Waals surface area contributed by atoms with Crippen LogP contribution in [0.25, 0.3) is 88.5 Å². The van der Waals surface area contributed by atoms with E-state index in [-0.39, 0.29) is 5.41 Å². The van der Waals surface area contributed by atoms with Gasteiger partial charge in [0.1, 0.15) is 0 Å². The fourth-order valence-corrected chi connectivity index (χ4v) is 12.6. The molecule has 58 heavy (non-hydrogen) atoms. The van der Waals surface area contributed by atoms with Gasteiger partial charge in [-0.2, -0.15) is 0 Å². The van der Waals surface area contributed by atoms with E-state index < -0.39 is 0 Å². The first kappa shape index (κ1) is 32.7. The number of fused-ring (bicyclic) bond motifs is 6. The molecular weight excluding hydrogens is 701 g/mol. The highest BCUT2D eigenvalue weighted by atomic mass is 14.8. The highest BCUT2D eigenvalue weighted by Crippen LogP contribution is 2.69. The monoisotopic (exact) mass is 742 g/mol. The highest BCUT2D eigenvalue weighted by Gasteiger charge is 2.61. The van der Waals surface area contributed by atoms with Crippen LogP contribution >= 0.6 is 0 Å². The van der Waals surface area contributed by atoms with Gasteiger partial charge in [0.15, 0.2) is 0 Å². The van der Waals surface area contributed by atoms with Crippen molar-refractivity contribution in [2.45, 2.75) is 37.5 Å². The molecule has 0 unspecified atom stereocenters. The Balaban J connectivity index is 0.932. The lowest BCUT2D eigenvalue weighted by atomic mass is 9.43. The second-order valence-electron chi connectivity index (χ2n) is 17.7. The third kappa shape index (κ3) is 4.66. The molecule has 4 fully saturated rings. The lowest BCUT2D eigenvalue weighted by Crippen LogP contribution is -2.55. The number of hydrogen-bond acceptors (Lipinski definition) is 2. The molecule has 0 amide bonds. The molecule has 8 aromatic carbocycles. The lowest BCUT2D eigenvalue weighted by Gasteiger charge is -2.61. The smallest absolute Gasteiger partial charge is 0.0979 e. The van der Waals surface area contributed by atoms with Crippen LogP contribution in [0, 0.1) is 23.7 Å². The molecule has 9 aromatic rings. The molecule has 5 aliphatic rings. The minimum absolute atomic E-state index is 0.125. The van der Waals surface area contributed by atoms with Crippen molar-refractivity contribution < 1.29 is 0 Å². The Morgan fingerprint density at radius 2 is 0.897 bits per heavy atom. The molecule has 276 valence electrons. The Kier molecular flexibility index (Phi) is 6.94. The zero-order valence-corrected chi connectivity index (χ0v) is 32.4. The van der Waals surface area contributed by atoms with E-state index in [0.717, 1.165) is 62.8 Å². The number of aromatic nitrogens is 2. The first-order valence-electron chi connectivity index (χ1n) is 21.3. The van der Waals surface area contributed by atoms with E-state index in [1.54, 1.807) is 11.1 Å². The maximum Gasteiger partial charge on any atom is 0.0979 e. The standard InChI is InChI=1S/C56H42N2/c1-2-12-40-32-51-49(31-39(40)11-1)46-25-24-41(33-50(46)56(51)42-27-34-26-35(29-42)30-43(56)28-34)36-20-22-38(23-21-36)45-15-5-6-16-47(45)54-55(58-53-19-8-7-18-52(53)57-54)48-17-9-13-37-10-3-4-14-44(37)48/h1-25,31-35,42-43H,26-30H2. The van der Waals surface area contributed by atoms with Crippen LogP contribution < -0.4 is 0 Å². The van der Waals surface area contributed by atoms with Gasteiger partial charge in [-0.15, -0.1) is 0 Å². The summed E-state index contributed by atoms with van der Waals surface area (Å²) in [6.45, 7) is 0. The van der Waals surface area contributed by atoms with Crippen molar-refractivity contribution in [1.82, 2.24) is 9.97 Å². The van der Waals surface area contributed by atoms with Crippen LogP contribution in [0.2, 0.25) is 0 Å². The summed E-state index contributed by atoms with van der Waals surface area (Å²) in [4.78, 5) is 10.7. The third-order valence-electron chi connectivity index (χ3n) is 14.8. The van der Waals surface area contributed by atoms with Gasteiger partial charge in [-0.25, -0.2) is 9.97 Å². The van der Waals surface area contributed by atoms with Crippen molar-refractivity contribution >= 4 is 32.6 Å². The van der Waals surface area contributed by atoms with Crippen molar-refractivity contribution in [3.05, 3.63) is 181 Å². The second-order valence-corrected chi connectivity index (χ2v) is 17.7. The van der Waals surface area contributed by atoms with Gasteiger partial charge in [-0.1, -0.05) is 140 Å². The average Bonchev–Trinajstić information content (AvgIpc) is 3.55. The Morgan fingerprint density at radius 3 is 1.64 bits per heavy atom. The summed E-state index contributed by atoms with van der Waals surface area (Å²) in [5, 5.41) is 5.12. The molecule has 1 heterocycles. The van der Waals surface area contributed by atoms with Crippen LogP contribution in [0.5, 0.6) is 0 Å². The second kappa shape index (κ2) is 12.3. The molecule has 0 saturated heterocycles. The number of para-hydroxylation sites is 2. The van der Waals surface area contributed by atoms with Gasteiger partial charge in [0, 0.05) is 16.5 Å². The largest absolute Gasteiger partial charge is 0.244 e. The number of hydrogen-bond donors (Lipinski definition) is 0. The van der Waals surface area contributed by atoms with Crippen molar-refractivity contribution in [1.29, 1.82) is 0 Å². The van der Waals surface area contributed by atoms with Crippen molar-refractivity contribution in [3.63, 3.8) is 0 Å². The Bertz CT molecular complexity index is 3100. The van der Waals surface area contributed by atoms with Gasteiger partial charge in [-0.05, 0) is 152 Å². The molecule has 1 spiro atoms. The van der Waals surface area contributed by atoms with Crippen molar-refractivity contribution in [2.24, 2.45) is 23.7 Å². The summed E-state index contributed by atoms with van der Waals surface area (Å²) in [7, 11) is 0. The van der Waals surface area contributed by atoms with Crippen LogP contribution in [0.4, 0.5) is 0 Å². The van der Waals surface area contributed by atoms with Crippen LogP contribution in [0.3, 0.4) is 0 Å². The average molecular weight is 743 g/mol. The minimum atomic E-state index is 0.125. The quantitative estimate of drug-likeness (QED) is 0.179. The molecule has 1 aromatic heterocycles. The van der Waals surface area contributed by atoms with Gasteiger partial charge >= 0.3 is 0 Å². The molecule has 0 atom stereocenters. The first-order valence-corrected chi connectivity index (χ1v) is 21.3. The van der Waals surface area contributed by atoms with Gasteiger partial charge in [0.25, 0.3) is 0 Å². The summed E-state index contributed by atoms with van der Waals surface area (Å²) in [5.74, 6) is 3.30. The predicted molar refractivity (Wildman–Crippen MR) is 240 cm³/mol. The van der Waals surface area contributed by atoms with E-state index in [1.165, 1.54) is 81.5 Å². The first-order chi connectivity index (χ1) is 28.7. The Labute approximate surface area is 339 Å². The molecule has 0 radical (unpaired) electrons. The van der Waals surface area contributed by atoms with Gasteiger partial charge < -0.3 is 0 Å². The van der Waals surface area contributed by atoms with Crippen LogP contribution in [0.15, 0.2) is 170 Å². The van der Waals surface area contributed by atoms with E-state index in [9.17, 15) is 0 Å². The molecule has 0 N–H and O–H groups in total. The van der Waals surface area contributed by atoms with Crippen LogP contribution in [-0.4, -0.2) is 9.97 Å². The van der Waals surface area contributed by atoms with E-state index in [2.05, 4.69) is 158 Å². The number of benzene rings is 8. The molecule has 2 nitrogen and oxygen atoms in total. The van der Waals surface area contributed by atoms with Gasteiger partial charge in [0.05, 0.1) is 22.4 Å². The predicted octanol–water partition coefficient (Wildman–Crippen LogP) is 14.3. The van der Waals surface area contributed by atoms with E-state index in [4.69, 9.17) is 9.97 Å². The zero-order valence-electron chi connectivity index (χ0n) is 32.4. The molecule has 4 bridgehead atoms. The summed E-state index contributed by atoms with van der Waals surface area (Å²) < 4.78 is 0. The maximum absolute atomic E-state index is 5.36. The Morgan fingerprint density at radius 1 is 0.362 bits per heavy atom. The van der Waals surface area contributed by atoms with E-state index in [1.807, 2.05) is 12.1 Å². The van der Waals surface area contributed by atoms with Gasteiger partial charge in [0.2, 0.25) is 0 Å². The highest BCUT2D eigenvalue weighted by molar-refractivity contribution is 6.02.